The van der Waals surface area contributed by atoms with Gasteiger partial charge in [0.25, 0.3) is 0 Å². The topological polar surface area (TPSA) is 45.1 Å². The van der Waals surface area contributed by atoms with Gasteiger partial charge in [0.05, 0.1) is 11.7 Å². The van der Waals surface area contributed by atoms with Gasteiger partial charge in [-0.2, -0.15) is 0 Å². The molecule has 114 valence electrons. The molecule has 2 N–H and O–H groups in total. The number of thioether (sulfide) groups is 1. The molecule has 0 saturated carbocycles. The molecule has 0 heterocycles. The zero-order valence-corrected chi connectivity index (χ0v) is 13.8. The second-order valence-corrected chi connectivity index (χ2v) is 5.83. The lowest BCUT2D eigenvalue weighted by molar-refractivity contribution is 0.340. The van der Waals surface area contributed by atoms with Gasteiger partial charge in [0.2, 0.25) is 0 Å². The smallest absolute Gasteiger partial charge is 0.119 e. The van der Waals surface area contributed by atoms with Crippen LogP contribution in [0.1, 0.15) is 32.4 Å². The third-order valence-electron chi connectivity index (χ3n) is 2.83. The summed E-state index contributed by atoms with van der Waals surface area (Å²) in [6.45, 7) is 10.7. The highest BCUT2D eigenvalue weighted by molar-refractivity contribution is 8.14. The summed E-state index contributed by atoms with van der Waals surface area (Å²) in [5.74, 6) is 1.79. The Bertz CT molecular complexity index is 494. The molecular weight excluding hydrogens is 280 g/mol. The Balaban J connectivity index is 2.53. The van der Waals surface area contributed by atoms with Crippen LogP contribution in [0.15, 0.2) is 48.7 Å². The van der Waals surface area contributed by atoms with Crippen LogP contribution in [-0.2, 0) is 0 Å². The van der Waals surface area contributed by atoms with Crippen molar-refractivity contribution in [2.75, 3.05) is 12.4 Å². The van der Waals surface area contributed by atoms with Crippen molar-refractivity contribution in [3.8, 4) is 5.75 Å². The first-order chi connectivity index (χ1) is 10.1. The third-order valence-corrected chi connectivity index (χ3v) is 3.56. The summed E-state index contributed by atoms with van der Waals surface area (Å²) < 4.78 is 5.43. The molecule has 0 radical (unpaired) electrons. The number of benzene rings is 1. The van der Waals surface area contributed by atoms with E-state index in [1.54, 1.807) is 6.08 Å². The minimum absolute atomic E-state index is 0.158. The van der Waals surface area contributed by atoms with Gasteiger partial charge in [-0.1, -0.05) is 25.6 Å². The zero-order valence-electron chi connectivity index (χ0n) is 13.0. The van der Waals surface area contributed by atoms with Crippen molar-refractivity contribution in [3.63, 3.8) is 0 Å². The van der Waals surface area contributed by atoms with Crippen molar-refractivity contribution in [1.82, 2.24) is 5.32 Å². The highest BCUT2D eigenvalue weighted by Gasteiger charge is 2.05. The lowest BCUT2D eigenvalue weighted by atomic mass is 10.1. The fraction of sp³-hybridized carbons (Fsp3) is 0.353. The fourth-order valence-corrected chi connectivity index (χ4v) is 2.28. The van der Waals surface area contributed by atoms with E-state index in [0.29, 0.717) is 11.7 Å². The number of allylic oxidation sites excluding steroid dienone is 1. The van der Waals surface area contributed by atoms with Gasteiger partial charge in [0, 0.05) is 11.7 Å². The molecule has 0 spiro atoms. The Morgan fingerprint density at radius 1 is 1.33 bits per heavy atom. The SMILES string of the molecule is C=C(/C=C\C(=N)SCC)NC(C)c1ccc(OCC)cc1. The lowest BCUT2D eigenvalue weighted by Gasteiger charge is -2.16. The highest BCUT2D eigenvalue weighted by atomic mass is 32.2. The second kappa shape index (κ2) is 9.29. The molecule has 1 aromatic carbocycles. The number of nitrogens with one attached hydrogen (secondary N) is 2. The van der Waals surface area contributed by atoms with Crippen LogP contribution in [0.3, 0.4) is 0 Å². The van der Waals surface area contributed by atoms with Gasteiger partial charge in [-0.15, -0.1) is 11.8 Å². The van der Waals surface area contributed by atoms with Gasteiger partial charge in [-0.3, -0.25) is 5.41 Å². The van der Waals surface area contributed by atoms with Crippen LogP contribution in [0.5, 0.6) is 5.75 Å². The van der Waals surface area contributed by atoms with Crippen molar-refractivity contribution in [1.29, 1.82) is 5.41 Å². The van der Waals surface area contributed by atoms with E-state index in [-0.39, 0.29) is 6.04 Å². The van der Waals surface area contributed by atoms with Crippen LogP contribution in [0, 0.1) is 5.41 Å². The van der Waals surface area contributed by atoms with Gasteiger partial charge < -0.3 is 10.1 Å². The third kappa shape index (κ3) is 6.54. The van der Waals surface area contributed by atoms with Gasteiger partial charge in [0.15, 0.2) is 0 Å². The molecule has 0 aliphatic rings. The number of hydrogen-bond donors (Lipinski definition) is 2. The Labute approximate surface area is 132 Å². The Morgan fingerprint density at radius 2 is 2.00 bits per heavy atom. The molecule has 1 unspecified atom stereocenters. The zero-order chi connectivity index (χ0) is 15.7. The largest absolute Gasteiger partial charge is 0.494 e. The average molecular weight is 304 g/mol. The minimum atomic E-state index is 0.158. The lowest BCUT2D eigenvalue weighted by Crippen LogP contribution is -2.16. The first-order valence-electron chi connectivity index (χ1n) is 7.14. The number of rotatable bonds is 8. The van der Waals surface area contributed by atoms with E-state index in [1.165, 1.54) is 17.3 Å². The minimum Gasteiger partial charge on any atom is -0.494 e. The number of hydrogen-bond acceptors (Lipinski definition) is 4. The van der Waals surface area contributed by atoms with E-state index >= 15 is 0 Å². The van der Waals surface area contributed by atoms with E-state index in [0.717, 1.165) is 17.2 Å². The first kappa shape index (κ1) is 17.4. The molecule has 0 fully saturated rings. The summed E-state index contributed by atoms with van der Waals surface area (Å²) in [7, 11) is 0. The van der Waals surface area contributed by atoms with Crippen molar-refractivity contribution in [2.24, 2.45) is 0 Å². The molecule has 1 atom stereocenters. The van der Waals surface area contributed by atoms with Crippen molar-refractivity contribution >= 4 is 16.8 Å². The summed E-state index contributed by atoms with van der Waals surface area (Å²) in [5.41, 5.74) is 1.98. The summed E-state index contributed by atoms with van der Waals surface area (Å²) in [4.78, 5) is 0. The molecule has 21 heavy (non-hydrogen) atoms. The van der Waals surface area contributed by atoms with E-state index in [1.807, 2.05) is 32.1 Å². The molecule has 3 nitrogen and oxygen atoms in total. The maximum atomic E-state index is 7.68. The first-order valence-corrected chi connectivity index (χ1v) is 8.13. The van der Waals surface area contributed by atoms with Crippen LogP contribution in [0.4, 0.5) is 0 Å². The molecule has 4 heteroatoms. The molecule has 0 bridgehead atoms. The summed E-state index contributed by atoms with van der Waals surface area (Å²) in [6, 6.07) is 8.21. The standard InChI is InChI=1S/C17H24N2OS/c1-5-20-16-10-8-15(9-11-16)14(4)19-13(3)7-12-17(18)21-6-2/h7-12,14,18-19H,3,5-6H2,1-2,4H3/b12-7-,18-17?. The molecule has 1 aromatic rings. The van der Waals surface area contributed by atoms with Gasteiger partial charge in [-0.25, -0.2) is 0 Å². The summed E-state index contributed by atoms with van der Waals surface area (Å²) in [5, 5.41) is 11.6. The normalized spacial score (nSPS) is 12.1. The molecule has 0 aliphatic carbocycles. The van der Waals surface area contributed by atoms with E-state index in [2.05, 4.69) is 31.0 Å². The molecule has 0 amide bonds. The molecular formula is C17H24N2OS. The van der Waals surface area contributed by atoms with Crippen molar-refractivity contribution in [3.05, 3.63) is 54.3 Å². The van der Waals surface area contributed by atoms with Crippen molar-refractivity contribution in [2.45, 2.75) is 26.8 Å². The molecule has 0 aliphatic heterocycles. The quantitative estimate of drug-likeness (QED) is 0.421. The van der Waals surface area contributed by atoms with Gasteiger partial charge in [0.1, 0.15) is 5.75 Å². The average Bonchev–Trinajstić information content (AvgIpc) is 2.46. The molecule has 1 rings (SSSR count). The fourth-order valence-electron chi connectivity index (χ4n) is 1.81. The van der Waals surface area contributed by atoms with Gasteiger partial charge in [-0.05, 0) is 49.4 Å². The number of ether oxygens (including phenoxy) is 1. The van der Waals surface area contributed by atoms with Crippen molar-refractivity contribution < 1.29 is 4.74 Å². The maximum Gasteiger partial charge on any atom is 0.119 e. The molecule has 0 saturated heterocycles. The van der Waals surface area contributed by atoms with E-state index in [4.69, 9.17) is 10.1 Å². The van der Waals surface area contributed by atoms with Crippen LogP contribution >= 0.6 is 11.8 Å². The van der Waals surface area contributed by atoms with Gasteiger partial charge >= 0.3 is 0 Å². The maximum absolute atomic E-state index is 7.68. The van der Waals surface area contributed by atoms with E-state index < -0.39 is 0 Å². The Morgan fingerprint density at radius 3 is 2.57 bits per heavy atom. The summed E-state index contributed by atoms with van der Waals surface area (Å²) >= 11 is 1.51. The highest BCUT2D eigenvalue weighted by Crippen LogP contribution is 2.18. The van der Waals surface area contributed by atoms with Crippen LogP contribution in [0.2, 0.25) is 0 Å². The molecule has 0 aromatic heterocycles. The van der Waals surface area contributed by atoms with Crippen LogP contribution < -0.4 is 10.1 Å². The monoisotopic (exact) mass is 304 g/mol. The predicted octanol–water partition coefficient (Wildman–Crippen LogP) is 4.54. The van der Waals surface area contributed by atoms with E-state index in [9.17, 15) is 0 Å². The van der Waals surface area contributed by atoms with Crippen LogP contribution in [0.25, 0.3) is 0 Å². The summed E-state index contributed by atoms with van der Waals surface area (Å²) in [6.07, 6.45) is 3.62. The van der Waals surface area contributed by atoms with Crippen LogP contribution in [-0.4, -0.2) is 17.4 Å². The Kier molecular flexibility index (Phi) is 7.69. The second-order valence-electron chi connectivity index (χ2n) is 4.52. The predicted molar refractivity (Wildman–Crippen MR) is 93.3 cm³/mol. The Hall–Kier alpha value is -1.68.